The Kier molecular flexibility index (Phi) is 4.52. The molecule has 3 aromatic rings. The van der Waals surface area contributed by atoms with E-state index in [0.717, 1.165) is 30.7 Å². The molecule has 0 radical (unpaired) electrons. The predicted octanol–water partition coefficient (Wildman–Crippen LogP) is 2.69. The molecule has 2 aromatic heterocycles. The van der Waals surface area contributed by atoms with Gasteiger partial charge in [-0.2, -0.15) is 5.10 Å². The quantitative estimate of drug-likeness (QED) is 0.790. The van der Waals surface area contributed by atoms with Gasteiger partial charge in [0.2, 0.25) is 0 Å². The Bertz CT molecular complexity index is 917. The van der Waals surface area contributed by atoms with E-state index in [-0.39, 0.29) is 11.9 Å². The average Bonchev–Trinajstić information content (AvgIpc) is 3.03. The topological polar surface area (TPSA) is 59.8 Å². The van der Waals surface area contributed by atoms with Crippen molar-refractivity contribution in [3.8, 4) is 0 Å². The maximum Gasteiger partial charge on any atom is 0.254 e. The standard InChI is InChI=1S/C21H22N4O/c1-25-20(12-15-6-3-2-4-7-15)18(14-23-25)21(26)24-17-9-10-19-16(13-17)8-5-11-22-19/h2-8,11,14,17H,9-10,12-13H2,1H3,(H,24,26). The van der Waals surface area contributed by atoms with Crippen LogP contribution in [0.3, 0.4) is 0 Å². The maximum atomic E-state index is 12.9. The van der Waals surface area contributed by atoms with Gasteiger partial charge in [0.05, 0.1) is 17.5 Å². The highest BCUT2D eigenvalue weighted by Crippen LogP contribution is 2.20. The van der Waals surface area contributed by atoms with Gasteiger partial charge < -0.3 is 5.32 Å². The van der Waals surface area contributed by atoms with E-state index in [1.165, 1.54) is 11.1 Å². The third-order valence-corrected chi connectivity index (χ3v) is 5.04. The Hall–Kier alpha value is -2.95. The van der Waals surface area contributed by atoms with Gasteiger partial charge in [0, 0.05) is 31.4 Å². The van der Waals surface area contributed by atoms with E-state index < -0.39 is 0 Å². The van der Waals surface area contributed by atoms with Gasteiger partial charge in [-0.15, -0.1) is 0 Å². The molecule has 1 amide bonds. The van der Waals surface area contributed by atoms with Gasteiger partial charge in [-0.3, -0.25) is 14.5 Å². The summed E-state index contributed by atoms with van der Waals surface area (Å²) in [6, 6.07) is 14.4. The first-order valence-electron chi connectivity index (χ1n) is 8.99. The molecule has 0 fully saturated rings. The molecule has 0 saturated heterocycles. The number of fused-ring (bicyclic) bond motifs is 1. The highest BCUT2D eigenvalue weighted by atomic mass is 16.1. The Morgan fingerprint density at radius 1 is 1.23 bits per heavy atom. The van der Waals surface area contributed by atoms with Crippen LogP contribution in [0.5, 0.6) is 0 Å². The summed E-state index contributed by atoms with van der Waals surface area (Å²) < 4.78 is 1.79. The van der Waals surface area contributed by atoms with E-state index >= 15 is 0 Å². The molecule has 1 aliphatic rings. The molecular formula is C21H22N4O. The molecule has 0 saturated carbocycles. The fraction of sp³-hybridized carbons (Fsp3) is 0.286. The number of pyridine rings is 1. The van der Waals surface area contributed by atoms with Crippen LogP contribution in [0.25, 0.3) is 0 Å². The summed E-state index contributed by atoms with van der Waals surface area (Å²) in [4.78, 5) is 17.3. The van der Waals surface area contributed by atoms with Crippen molar-refractivity contribution < 1.29 is 4.79 Å². The Morgan fingerprint density at radius 2 is 2.08 bits per heavy atom. The minimum atomic E-state index is -0.0404. The van der Waals surface area contributed by atoms with Gasteiger partial charge in [0.1, 0.15) is 0 Å². The zero-order valence-corrected chi connectivity index (χ0v) is 14.9. The summed E-state index contributed by atoms with van der Waals surface area (Å²) >= 11 is 0. The summed E-state index contributed by atoms with van der Waals surface area (Å²) in [5, 5.41) is 7.50. The maximum absolute atomic E-state index is 12.9. The molecule has 2 heterocycles. The highest BCUT2D eigenvalue weighted by Gasteiger charge is 2.23. The minimum absolute atomic E-state index is 0.0404. The van der Waals surface area contributed by atoms with Crippen LogP contribution >= 0.6 is 0 Å². The fourth-order valence-corrected chi connectivity index (χ4v) is 3.60. The second-order valence-corrected chi connectivity index (χ2v) is 6.81. The van der Waals surface area contributed by atoms with Crippen LogP contribution in [0.2, 0.25) is 0 Å². The van der Waals surface area contributed by atoms with Crippen LogP contribution in [-0.2, 0) is 26.3 Å². The Labute approximate surface area is 153 Å². The first-order valence-corrected chi connectivity index (χ1v) is 8.99. The molecule has 0 aliphatic heterocycles. The molecule has 1 aliphatic carbocycles. The van der Waals surface area contributed by atoms with Crippen molar-refractivity contribution in [2.45, 2.75) is 31.7 Å². The fourth-order valence-electron chi connectivity index (χ4n) is 3.60. The van der Waals surface area contributed by atoms with Crippen molar-refractivity contribution in [1.82, 2.24) is 20.1 Å². The number of aryl methyl sites for hydroxylation is 2. The van der Waals surface area contributed by atoms with Gasteiger partial charge in [-0.1, -0.05) is 36.4 Å². The summed E-state index contributed by atoms with van der Waals surface area (Å²) in [5.41, 5.74) is 5.16. The number of hydrogen-bond acceptors (Lipinski definition) is 3. The molecule has 5 heteroatoms. The third-order valence-electron chi connectivity index (χ3n) is 5.04. The van der Waals surface area contributed by atoms with Gasteiger partial charge in [0.25, 0.3) is 5.91 Å². The zero-order chi connectivity index (χ0) is 17.9. The molecule has 132 valence electrons. The van der Waals surface area contributed by atoms with E-state index in [1.54, 1.807) is 10.9 Å². The number of amides is 1. The molecule has 5 nitrogen and oxygen atoms in total. The molecule has 4 rings (SSSR count). The van der Waals surface area contributed by atoms with E-state index in [9.17, 15) is 4.79 Å². The lowest BCUT2D eigenvalue weighted by Crippen LogP contribution is -2.39. The van der Waals surface area contributed by atoms with Gasteiger partial charge in [0.15, 0.2) is 0 Å². The zero-order valence-electron chi connectivity index (χ0n) is 14.9. The van der Waals surface area contributed by atoms with Crippen LogP contribution in [0.1, 0.15) is 39.3 Å². The monoisotopic (exact) mass is 346 g/mol. The second kappa shape index (κ2) is 7.12. The van der Waals surface area contributed by atoms with Gasteiger partial charge >= 0.3 is 0 Å². The minimum Gasteiger partial charge on any atom is -0.349 e. The molecular weight excluding hydrogens is 324 g/mol. The number of carbonyl (C=O) groups excluding carboxylic acids is 1. The number of nitrogens with one attached hydrogen (secondary N) is 1. The predicted molar refractivity (Wildman–Crippen MR) is 100.0 cm³/mol. The summed E-state index contributed by atoms with van der Waals surface area (Å²) in [7, 11) is 1.89. The largest absolute Gasteiger partial charge is 0.349 e. The number of benzene rings is 1. The molecule has 0 spiro atoms. The van der Waals surface area contributed by atoms with Crippen molar-refractivity contribution in [1.29, 1.82) is 0 Å². The normalized spacial score (nSPS) is 16.1. The first kappa shape index (κ1) is 16.5. The molecule has 26 heavy (non-hydrogen) atoms. The number of carbonyl (C=O) groups is 1. The van der Waals surface area contributed by atoms with Crippen molar-refractivity contribution in [3.05, 3.63) is 82.9 Å². The number of rotatable bonds is 4. The van der Waals surface area contributed by atoms with Crippen molar-refractivity contribution in [2.75, 3.05) is 0 Å². The van der Waals surface area contributed by atoms with Crippen molar-refractivity contribution in [3.63, 3.8) is 0 Å². The lowest BCUT2D eigenvalue weighted by Gasteiger charge is -2.24. The molecule has 1 N–H and O–H groups in total. The first-order chi connectivity index (χ1) is 12.7. The molecule has 1 unspecified atom stereocenters. The second-order valence-electron chi connectivity index (χ2n) is 6.81. The SMILES string of the molecule is Cn1ncc(C(=O)NC2CCc3ncccc3C2)c1Cc1ccccc1. The van der Waals surface area contributed by atoms with Crippen LogP contribution in [0.4, 0.5) is 0 Å². The smallest absolute Gasteiger partial charge is 0.254 e. The van der Waals surface area contributed by atoms with Crippen LogP contribution in [0.15, 0.2) is 54.9 Å². The number of nitrogens with zero attached hydrogens (tertiary/aromatic N) is 3. The van der Waals surface area contributed by atoms with E-state index in [4.69, 9.17) is 0 Å². The molecule has 1 aromatic carbocycles. The number of aromatic nitrogens is 3. The molecule has 0 bridgehead atoms. The van der Waals surface area contributed by atoms with E-state index in [1.807, 2.05) is 37.5 Å². The van der Waals surface area contributed by atoms with Crippen molar-refractivity contribution in [2.24, 2.45) is 7.05 Å². The Morgan fingerprint density at radius 3 is 2.92 bits per heavy atom. The van der Waals surface area contributed by atoms with Gasteiger partial charge in [-0.25, -0.2) is 0 Å². The van der Waals surface area contributed by atoms with Gasteiger partial charge in [-0.05, 0) is 36.5 Å². The highest BCUT2D eigenvalue weighted by molar-refractivity contribution is 5.95. The number of hydrogen-bond donors (Lipinski definition) is 1. The van der Waals surface area contributed by atoms with E-state index in [0.29, 0.717) is 12.0 Å². The summed E-state index contributed by atoms with van der Waals surface area (Å²) in [6.07, 6.45) is 6.87. The van der Waals surface area contributed by atoms with Crippen LogP contribution in [-0.4, -0.2) is 26.7 Å². The summed E-state index contributed by atoms with van der Waals surface area (Å²) in [6.45, 7) is 0. The van der Waals surface area contributed by atoms with E-state index in [2.05, 4.69) is 33.6 Å². The summed E-state index contributed by atoms with van der Waals surface area (Å²) in [5.74, 6) is -0.0404. The van der Waals surface area contributed by atoms with Crippen molar-refractivity contribution >= 4 is 5.91 Å². The van der Waals surface area contributed by atoms with Crippen LogP contribution < -0.4 is 5.32 Å². The molecule has 1 atom stereocenters. The third kappa shape index (κ3) is 3.38. The average molecular weight is 346 g/mol. The lowest BCUT2D eigenvalue weighted by atomic mass is 9.91. The lowest BCUT2D eigenvalue weighted by molar-refractivity contribution is 0.0932. The Balaban J connectivity index is 1.49. The van der Waals surface area contributed by atoms with Crippen LogP contribution in [0, 0.1) is 0 Å².